The van der Waals surface area contributed by atoms with Crippen molar-refractivity contribution in [1.29, 1.82) is 0 Å². The SMILES string of the molecule is CCOC(CCNC(=NC)NCCN1CCS(=O)(=O)CC1)C(C)C. The van der Waals surface area contributed by atoms with E-state index in [-0.39, 0.29) is 17.6 Å². The topological polar surface area (TPSA) is 83.0 Å². The zero-order valence-corrected chi connectivity index (χ0v) is 16.4. The van der Waals surface area contributed by atoms with Crippen molar-refractivity contribution in [2.75, 3.05) is 57.9 Å². The van der Waals surface area contributed by atoms with Gasteiger partial charge in [0, 0.05) is 46.4 Å². The van der Waals surface area contributed by atoms with Gasteiger partial charge in [0.2, 0.25) is 0 Å². The normalized spacial score (nSPS) is 20.1. The van der Waals surface area contributed by atoms with E-state index >= 15 is 0 Å². The molecule has 1 fully saturated rings. The minimum absolute atomic E-state index is 0.260. The number of aliphatic imine (C=N–C) groups is 1. The van der Waals surface area contributed by atoms with Gasteiger partial charge in [-0.3, -0.25) is 9.89 Å². The third-order valence-electron chi connectivity index (χ3n) is 4.23. The summed E-state index contributed by atoms with van der Waals surface area (Å²) < 4.78 is 28.6. The van der Waals surface area contributed by atoms with Crippen LogP contribution in [-0.2, 0) is 14.6 Å². The Morgan fingerprint density at radius 1 is 1.21 bits per heavy atom. The Kier molecular flexibility index (Phi) is 9.61. The molecule has 0 aromatic rings. The number of guanidine groups is 1. The minimum Gasteiger partial charge on any atom is -0.378 e. The van der Waals surface area contributed by atoms with Crippen LogP contribution >= 0.6 is 0 Å². The maximum Gasteiger partial charge on any atom is 0.191 e. The third kappa shape index (κ3) is 8.30. The highest BCUT2D eigenvalue weighted by Crippen LogP contribution is 2.09. The molecule has 1 unspecified atom stereocenters. The molecule has 0 aromatic heterocycles. The third-order valence-corrected chi connectivity index (χ3v) is 5.84. The van der Waals surface area contributed by atoms with Gasteiger partial charge in [0.05, 0.1) is 17.6 Å². The fourth-order valence-corrected chi connectivity index (χ4v) is 3.96. The van der Waals surface area contributed by atoms with Crippen LogP contribution in [0, 0.1) is 5.92 Å². The molecular weight excluding hydrogens is 328 g/mol. The quantitative estimate of drug-likeness (QED) is 0.454. The van der Waals surface area contributed by atoms with E-state index in [1.807, 2.05) is 6.92 Å². The molecule has 1 aliphatic heterocycles. The first kappa shape index (κ1) is 21.2. The van der Waals surface area contributed by atoms with E-state index in [0.29, 0.717) is 19.0 Å². The molecule has 1 saturated heterocycles. The highest BCUT2D eigenvalue weighted by atomic mass is 32.2. The maximum atomic E-state index is 11.4. The number of hydrogen-bond acceptors (Lipinski definition) is 5. The van der Waals surface area contributed by atoms with Gasteiger partial charge < -0.3 is 15.4 Å². The van der Waals surface area contributed by atoms with Crippen LogP contribution in [0.2, 0.25) is 0 Å². The highest BCUT2D eigenvalue weighted by Gasteiger charge is 2.21. The summed E-state index contributed by atoms with van der Waals surface area (Å²) in [5.74, 6) is 1.82. The van der Waals surface area contributed by atoms with Crippen LogP contribution in [0.15, 0.2) is 4.99 Å². The fourth-order valence-electron chi connectivity index (χ4n) is 2.68. The van der Waals surface area contributed by atoms with Gasteiger partial charge in [-0.05, 0) is 19.3 Å². The van der Waals surface area contributed by atoms with Gasteiger partial charge in [0.25, 0.3) is 0 Å². The molecule has 1 heterocycles. The van der Waals surface area contributed by atoms with Crippen molar-refractivity contribution in [3.63, 3.8) is 0 Å². The van der Waals surface area contributed by atoms with Crippen molar-refractivity contribution in [2.45, 2.75) is 33.3 Å². The van der Waals surface area contributed by atoms with Crippen LogP contribution in [0.1, 0.15) is 27.2 Å². The summed E-state index contributed by atoms with van der Waals surface area (Å²) in [6.45, 7) is 10.7. The van der Waals surface area contributed by atoms with Crippen molar-refractivity contribution < 1.29 is 13.2 Å². The van der Waals surface area contributed by atoms with Crippen molar-refractivity contribution in [2.24, 2.45) is 10.9 Å². The number of nitrogens with one attached hydrogen (secondary N) is 2. The van der Waals surface area contributed by atoms with E-state index < -0.39 is 9.84 Å². The van der Waals surface area contributed by atoms with Crippen LogP contribution in [0.4, 0.5) is 0 Å². The lowest BCUT2D eigenvalue weighted by atomic mass is 10.0. The molecule has 0 aromatic carbocycles. The molecule has 0 spiro atoms. The van der Waals surface area contributed by atoms with Gasteiger partial charge in [-0.2, -0.15) is 0 Å². The molecule has 1 atom stereocenters. The van der Waals surface area contributed by atoms with E-state index in [9.17, 15) is 8.42 Å². The minimum atomic E-state index is -2.80. The van der Waals surface area contributed by atoms with Crippen LogP contribution in [-0.4, -0.2) is 83.3 Å². The summed E-state index contributed by atoms with van der Waals surface area (Å²) in [5.41, 5.74) is 0. The van der Waals surface area contributed by atoms with E-state index in [2.05, 4.69) is 34.4 Å². The average Bonchev–Trinajstić information content (AvgIpc) is 2.53. The van der Waals surface area contributed by atoms with Crippen LogP contribution < -0.4 is 10.6 Å². The number of ether oxygens (including phenoxy) is 1. The van der Waals surface area contributed by atoms with Crippen molar-refractivity contribution in [3.05, 3.63) is 0 Å². The van der Waals surface area contributed by atoms with Gasteiger partial charge >= 0.3 is 0 Å². The summed E-state index contributed by atoms with van der Waals surface area (Å²) in [4.78, 5) is 6.39. The molecule has 0 bridgehead atoms. The summed E-state index contributed by atoms with van der Waals surface area (Å²) in [6, 6.07) is 0. The average molecular weight is 363 g/mol. The standard InChI is InChI=1S/C16H34N4O3S/c1-5-23-15(14(2)3)6-7-18-16(17-4)19-8-9-20-10-12-24(21,22)13-11-20/h14-15H,5-13H2,1-4H3,(H2,17,18,19). The lowest BCUT2D eigenvalue weighted by Gasteiger charge is -2.26. The smallest absolute Gasteiger partial charge is 0.191 e. The lowest BCUT2D eigenvalue weighted by molar-refractivity contribution is 0.0258. The zero-order chi connectivity index (χ0) is 18.0. The van der Waals surface area contributed by atoms with Gasteiger partial charge in [-0.1, -0.05) is 13.8 Å². The summed E-state index contributed by atoms with van der Waals surface area (Å²) in [5, 5.41) is 6.59. The van der Waals surface area contributed by atoms with Crippen LogP contribution in [0.3, 0.4) is 0 Å². The van der Waals surface area contributed by atoms with Gasteiger partial charge in [0.1, 0.15) is 0 Å². The Morgan fingerprint density at radius 2 is 1.83 bits per heavy atom. The van der Waals surface area contributed by atoms with Gasteiger partial charge in [-0.15, -0.1) is 0 Å². The van der Waals surface area contributed by atoms with Crippen molar-refractivity contribution in [1.82, 2.24) is 15.5 Å². The molecule has 7 nitrogen and oxygen atoms in total. The molecule has 0 aliphatic carbocycles. The first-order chi connectivity index (χ1) is 11.4. The zero-order valence-electron chi connectivity index (χ0n) is 15.5. The largest absolute Gasteiger partial charge is 0.378 e. The molecule has 0 radical (unpaired) electrons. The number of nitrogens with zero attached hydrogens (tertiary/aromatic N) is 2. The van der Waals surface area contributed by atoms with Gasteiger partial charge in [0.15, 0.2) is 15.8 Å². The Balaban J connectivity index is 2.21. The molecule has 142 valence electrons. The van der Waals surface area contributed by atoms with Crippen molar-refractivity contribution in [3.8, 4) is 0 Å². The summed E-state index contributed by atoms with van der Waals surface area (Å²) in [6.07, 6.45) is 1.20. The second-order valence-corrected chi connectivity index (χ2v) is 8.75. The van der Waals surface area contributed by atoms with E-state index in [1.165, 1.54) is 0 Å². The second-order valence-electron chi connectivity index (χ2n) is 6.45. The monoisotopic (exact) mass is 362 g/mol. The van der Waals surface area contributed by atoms with E-state index in [4.69, 9.17) is 4.74 Å². The predicted octanol–water partition coefficient (Wildman–Crippen LogP) is 0.333. The molecule has 0 amide bonds. The predicted molar refractivity (Wildman–Crippen MR) is 99.3 cm³/mol. The molecule has 8 heteroatoms. The van der Waals surface area contributed by atoms with Crippen LogP contribution in [0.25, 0.3) is 0 Å². The number of sulfone groups is 1. The molecule has 0 saturated carbocycles. The Labute approximate surface area is 147 Å². The molecule has 24 heavy (non-hydrogen) atoms. The maximum absolute atomic E-state index is 11.4. The van der Waals surface area contributed by atoms with Crippen LogP contribution in [0.5, 0.6) is 0 Å². The van der Waals surface area contributed by atoms with E-state index in [0.717, 1.165) is 38.6 Å². The first-order valence-electron chi connectivity index (χ1n) is 8.87. The van der Waals surface area contributed by atoms with E-state index in [1.54, 1.807) is 7.05 Å². The molecule has 2 N–H and O–H groups in total. The number of hydrogen-bond donors (Lipinski definition) is 2. The molecular formula is C16H34N4O3S. The Morgan fingerprint density at radius 3 is 2.38 bits per heavy atom. The fraction of sp³-hybridized carbons (Fsp3) is 0.938. The molecule has 1 rings (SSSR count). The first-order valence-corrected chi connectivity index (χ1v) is 10.7. The Bertz CT molecular complexity index is 466. The van der Waals surface area contributed by atoms with Crippen molar-refractivity contribution >= 4 is 15.8 Å². The lowest BCUT2D eigenvalue weighted by Crippen LogP contribution is -2.46. The molecule has 1 aliphatic rings. The Hall–Kier alpha value is -0.860. The van der Waals surface area contributed by atoms with Gasteiger partial charge in [-0.25, -0.2) is 8.42 Å². The highest BCUT2D eigenvalue weighted by molar-refractivity contribution is 7.91. The summed E-state index contributed by atoms with van der Waals surface area (Å²) >= 11 is 0. The summed E-state index contributed by atoms with van der Waals surface area (Å²) in [7, 11) is -1.05. The second kappa shape index (κ2) is 10.9. The number of rotatable bonds is 9.